The van der Waals surface area contributed by atoms with Gasteiger partial charge in [-0.2, -0.15) is 0 Å². The van der Waals surface area contributed by atoms with Crippen molar-refractivity contribution in [2.75, 3.05) is 24.7 Å². The average Bonchev–Trinajstić information content (AvgIpc) is 2.88. The predicted molar refractivity (Wildman–Crippen MR) is 110 cm³/mol. The van der Waals surface area contributed by atoms with Crippen LogP contribution in [0.5, 0.6) is 5.75 Å². The van der Waals surface area contributed by atoms with Crippen molar-refractivity contribution in [3.8, 4) is 5.75 Å². The zero-order chi connectivity index (χ0) is 20.3. The van der Waals surface area contributed by atoms with Crippen molar-refractivity contribution in [2.24, 2.45) is 5.41 Å². The topological polar surface area (TPSA) is 75.6 Å². The van der Waals surface area contributed by atoms with Gasteiger partial charge in [-0.1, -0.05) is 46.8 Å². The quantitative estimate of drug-likeness (QED) is 0.705. The van der Waals surface area contributed by atoms with Gasteiger partial charge in [-0.3, -0.25) is 0 Å². The molecule has 27 heavy (non-hydrogen) atoms. The third-order valence-electron chi connectivity index (χ3n) is 4.93. The van der Waals surface area contributed by atoms with Gasteiger partial charge in [0.25, 0.3) is 0 Å². The molecule has 1 heterocycles. The van der Waals surface area contributed by atoms with E-state index in [1.165, 1.54) is 5.56 Å². The summed E-state index contributed by atoms with van der Waals surface area (Å²) in [5.74, 6) is 1.12. The summed E-state index contributed by atoms with van der Waals surface area (Å²) in [4.78, 5) is 0. The molecule has 1 aliphatic heterocycles. The fourth-order valence-electron chi connectivity index (χ4n) is 3.94. The van der Waals surface area contributed by atoms with Gasteiger partial charge in [0.2, 0.25) is 0 Å². The van der Waals surface area contributed by atoms with Gasteiger partial charge in [0.05, 0.1) is 11.5 Å². The van der Waals surface area contributed by atoms with Crippen LogP contribution in [0.15, 0.2) is 24.3 Å². The molecule has 1 fully saturated rings. The number of sulfone groups is 1. The summed E-state index contributed by atoms with van der Waals surface area (Å²) in [6.07, 6.45) is 1.02. The molecule has 0 spiro atoms. The molecule has 0 aromatic heterocycles. The lowest BCUT2D eigenvalue weighted by atomic mass is 9.72. The molecule has 5 nitrogen and oxygen atoms in total. The minimum Gasteiger partial charge on any atom is -0.491 e. The summed E-state index contributed by atoms with van der Waals surface area (Å²) in [5.41, 5.74) is 1.62. The average molecular weight is 398 g/mol. The van der Waals surface area contributed by atoms with Crippen LogP contribution in [0.1, 0.15) is 53.0 Å². The number of aliphatic hydroxyl groups is 1. The highest BCUT2D eigenvalue weighted by Crippen LogP contribution is 2.36. The van der Waals surface area contributed by atoms with Crippen LogP contribution < -0.4 is 10.1 Å². The van der Waals surface area contributed by atoms with Crippen LogP contribution >= 0.6 is 0 Å². The fraction of sp³-hybridized carbons (Fsp3) is 0.714. The predicted octanol–water partition coefficient (Wildman–Crippen LogP) is 2.92. The van der Waals surface area contributed by atoms with Crippen LogP contribution in [0.2, 0.25) is 0 Å². The van der Waals surface area contributed by atoms with Crippen molar-refractivity contribution in [1.82, 2.24) is 5.32 Å². The molecule has 1 aromatic carbocycles. The number of rotatable bonds is 8. The number of aliphatic hydroxyl groups excluding tert-OH is 1. The second kappa shape index (κ2) is 8.50. The van der Waals surface area contributed by atoms with Crippen LogP contribution in [0.25, 0.3) is 0 Å². The van der Waals surface area contributed by atoms with Crippen molar-refractivity contribution in [1.29, 1.82) is 0 Å². The Kier molecular flexibility index (Phi) is 6.98. The zero-order valence-electron chi connectivity index (χ0n) is 17.3. The molecule has 6 heteroatoms. The van der Waals surface area contributed by atoms with E-state index < -0.39 is 15.9 Å². The van der Waals surface area contributed by atoms with E-state index in [1.54, 1.807) is 0 Å². The highest BCUT2D eigenvalue weighted by molar-refractivity contribution is 7.91. The molecular weight excluding hydrogens is 362 g/mol. The summed E-state index contributed by atoms with van der Waals surface area (Å²) in [7, 11) is -2.90. The van der Waals surface area contributed by atoms with E-state index in [9.17, 15) is 13.5 Å². The van der Waals surface area contributed by atoms with Gasteiger partial charge in [-0.25, -0.2) is 8.42 Å². The molecule has 1 aromatic rings. The number of benzene rings is 1. The third kappa shape index (κ3) is 7.43. The highest BCUT2D eigenvalue weighted by atomic mass is 32.2. The first-order chi connectivity index (χ1) is 12.4. The monoisotopic (exact) mass is 397 g/mol. The molecule has 0 radical (unpaired) electrons. The number of nitrogens with one attached hydrogen (secondary N) is 1. The minimum absolute atomic E-state index is 0.0611. The summed E-state index contributed by atoms with van der Waals surface area (Å²) >= 11 is 0. The van der Waals surface area contributed by atoms with Crippen molar-refractivity contribution in [3.63, 3.8) is 0 Å². The van der Waals surface area contributed by atoms with Gasteiger partial charge in [-0.15, -0.1) is 0 Å². The molecular formula is C21H35NO4S. The fourth-order valence-corrected chi connectivity index (χ4v) is 5.65. The lowest BCUT2D eigenvalue weighted by Gasteiger charge is -2.33. The lowest BCUT2D eigenvalue weighted by Crippen LogP contribution is -2.38. The largest absolute Gasteiger partial charge is 0.491 e. The van der Waals surface area contributed by atoms with Crippen molar-refractivity contribution in [2.45, 2.75) is 65.0 Å². The Labute approximate surface area is 164 Å². The van der Waals surface area contributed by atoms with Gasteiger partial charge >= 0.3 is 0 Å². The Morgan fingerprint density at radius 3 is 2.33 bits per heavy atom. The summed E-state index contributed by atoms with van der Waals surface area (Å²) < 4.78 is 28.6. The Hall–Kier alpha value is -1.11. The molecule has 0 unspecified atom stereocenters. The van der Waals surface area contributed by atoms with Crippen LogP contribution in [-0.4, -0.2) is 50.3 Å². The molecule has 0 aliphatic carbocycles. The second-order valence-electron chi connectivity index (χ2n) is 9.62. The summed E-state index contributed by atoms with van der Waals surface area (Å²) in [6.45, 7) is 11.8. The lowest BCUT2D eigenvalue weighted by molar-refractivity contribution is 0.104. The van der Waals surface area contributed by atoms with Crippen molar-refractivity contribution >= 4 is 9.84 Å². The van der Waals surface area contributed by atoms with Crippen LogP contribution in [0.3, 0.4) is 0 Å². The van der Waals surface area contributed by atoms with E-state index in [-0.39, 0.29) is 35.0 Å². The van der Waals surface area contributed by atoms with Gasteiger partial charge in [0.15, 0.2) is 9.84 Å². The maximum absolute atomic E-state index is 11.4. The molecule has 2 atom stereocenters. The molecule has 0 saturated carbocycles. The molecule has 0 amide bonds. The molecule has 1 aliphatic rings. The van der Waals surface area contributed by atoms with E-state index in [2.05, 4.69) is 52.1 Å². The van der Waals surface area contributed by atoms with Crippen molar-refractivity contribution in [3.05, 3.63) is 29.8 Å². The highest BCUT2D eigenvalue weighted by Gasteiger charge is 2.28. The molecule has 1 saturated heterocycles. The molecule has 2 rings (SSSR count). The molecule has 0 bridgehead atoms. The van der Waals surface area contributed by atoms with E-state index >= 15 is 0 Å². The van der Waals surface area contributed by atoms with Crippen LogP contribution in [-0.2, 0) is 15.3 Å². The summed E-state index contributed by atoms with van der Waals surface area (Å²) in [6, 6.07) is 8.02. The maximum Gasteiger partial charge on any atom is 0.151 e. The first-order valence-corrected chi connectivity index (χ1v) is 11.5. The molecule has 154 valence electrons. The van der Waals surface area contributed by atoms with Gasteiger partial charge < -0.3 is 15.2 Å². The first-order valence-electron chi connectivity index (χ1n) is 9.72. The van der Waals surface area contributed by atoms with Crippen molar-refractivity contribution < 1.29 is 18.3 Å². The minimum atomic E-state index is -2.90. The third-order valence-corrected chi connectivity index (χ3v) is 6.69. The van der Waals surface area contributed by atoms with E-state index in [1.807, 2.05) is 12.1 Å². The Bertz CT molecular complexity index is 705. The first kappa shape index (κ1) is 22.2. The number of hydrogen-bond donors (Lipinski definition) is 2. The van der Waals surface area contributed by atoms with E-state index in [0.29, 0.717) is 13.0 Å². The van der Waals surface area contributed by atoms with Crippen LogP contribution in [0.4, 0.5) is 0 Å². The van der Waals surface area contributed by atoms with E-state index in [4.69, 9.17) is 4.74 Å². The standard InChI is InChI=1S/C21H35NO4S/c1-20(2,3)15-21(4,5)16-6-8-19(9-7-16)26-13-18(23)12-22-17-10-11-27(24,25)14-17/h6-9,17-18,22-23H,10-15H2,1-5H3/t17-,18+/m1/s1. The number of hydrogen-bond acceptors (Lipinski definition) is 5. The summed E-state index contributed by atoms with van der Waals surface area (Å²) in [5, 5.41) is 13.2. The smallest absolute Gasteiger partial charge is 0.151 e. The second-order valence-corrected chi connectivity index (χ2v) is 11.8. The zero-order valence-corrected chi connectivity index (χ0v) is 18.1. The number of ether oxygens (including phenoxy) is 1. The normalized spacial score (nSPS) is 21.2. The Morgan fingerprint density at radius 1 is 1.19 bits per heavy atom. The van der Waals surface area contributed by atoms with E-state index in [0.717, 1.165) is 12.2 Å². The Morgan fingerprint density at radius 2 is 1.81 bits per heavy atom. The maximum atomic E-state index is 11.4. The Balaban J connectivity index is 1.79. The SMILES string of the molecule is CC(C)(C)CC(C)(C)c1ccc(OC[C@@H](O)CN[C@@H]2CCS(=O)(=O)C2)cc1. The van der Waals surface area contributed by atoms with Gasteiger partial charge in [-0.05, 0) is 41.4 Å². The van der Waals surface area contributed by atoms with Gasteiger partial charge in [0, 0.05) is 12.6 Å². The van der Waals surface area contributed by atoms with Gasteiger partial charge in [0.1, 0.15) is 18.5 Å². The van der Waals surface area contributed by atoms with Crippen LogP contribution in [0, 0.1) is 5.41 Å². The molecule has 2 N–H and O–H groups in total.